The summed E-state index contributed by atoms with van der Waals surface area (Å²) in [4.78, 5) is 16.7. The number of fused-ring (bicyclic) bond motifs is 2. The van der Waals surface area contributed by atoms with Crippen LogP contribution in [0.1, 0.15) is 37.7 Å². The van der Waals surface area contributed by atoms with Crippen LogP contribution in [0.15, 0.2) is 12.4 Å². The van der Waals surface area contributed by atoms with Crippen molar-refractivity contribution in [3.05, 3.63) is 18.0 Å². The van der Waals surface area contributed by atoms with Crippen LogP contribution in [0.3, 0.4) is 0 Å². The Morgan fingerprint density at radius 1 is 1.00 bits per heavy atom. The zero-order valence-electron chi connectivity index (χ0n) is 15.2. The smallest absolute Gasteiger partial charge is 0.225 e. The molecule has 3 atom stereocenters. The van der Waals surface area contributed by atoms with E-state index in [1.54, 1.807) is 0 Å². The standard InChI is InChI=1S/C19H31N5/c1-22(2)18-16-6-7-17(18)14-23(13-16)12-15-10-20-19(21-11-15)24-8-4-3-5-9-24/h10-11,16-18H,3-9,12-14H2,1-2H3/t16-,17+,18?. The van der Waals surface area contributed by atoms with Gasteiger partial charge in [0.05, 0.1) is 0 Å². The first-order valence-electron chi connectivity index (χ1n) is 9.65. The first kappa shape index (κ1) is 16.3. The van der Waals surface area contributed by atoms with Crippen LogP contribution in [0.2, 0.25) is 0 Å². The summed E-state index contributed by atoms with van der Waals surface area (Å²) in [6.45, 7) is 5.69. The predicted molar refractivity (Wildman–Crippen MR) is 97.1 cm³/mol. The number of anilines is 1. The van der Waals surface area contributed by atoms with Crippen LogP contribution in [-0.2, 0) is 6.54 Å². The van der Waals surface area contributed by atoms with Crippen molar-refractivity contribution >= 4 is 5.95 Å². The van der Waals surface area contributed by atoms with Crippen LogP contribution in [0.5, 0.6) is 0 Å². The minimum absolute atomic E-state index is 0.791. The summed E-state index contributed by atoms with van der Waals surface area (Å²) in [6.07, 6.45) is 10.8. The minimum Gasteiger partial charge on any atom is -0.341 e. The average Bonchev–Trinajstić information content (AvgIpc) is 2.88. The molecule has 2 saturated heterocycles. The molecular weight excluding hydrogens is 298 g/mol. The number of piperidine rings is 2. The van der Waals surface area contributed by atoms with Gasteiger partial charge in [-0.2, -0.15) is 0 Å². The van der Waals surface area contributed by atoms with Crippen LogP contribution in [0.25, 0.3) is 0 Å². The number of rotatable bonds is 4. The van der Waals surface area contributed by atoms with E-state index in [2.05, 4.69) is 51.2 Å². The average molecular weight is 329 g/mol. The lowest BCUT2D eigenvalue weighted by atomic mass is 9.91. The third-order valence-electron chi connectivity index (χ3n) is 6.19. The first-order valence-corrected chi connectivity index (χ1v) is 9.65. The number of likely N-dealkylation sites (tertiary alicyclic amines) is 1. The van der Waals surface area contributed by atoms with Gasteiger partial charge in [-0.3, -0.25) is 4.90 Å². The summed E-state index contributed by atoms with van der Waals surface area (Å²) < 4.78 is 0. The molecule has 2 bridgehead atoms. The molecule has 0 spiro atoms. The molecule has 24 heavy (non-hydrogen) atoms. The summed E-state index contributed by atoms with van der Waals surface area (Å²) in [5, 5.41) is 0. The maximum Gasteiger partial charge on any atom is 0.225 e. The van der Waals surface area contributed by atoms with Crippen LogP contribution >= 0.6 is 0 Å². The van der Waals surface area contributed by atoms with Gasteiger partial charge in [-0.25, -0.2) is 9.97 Å². The molecule has 2 aliphatic heterocycles. The molecule has 1 aromatic heterocycles. The summed E-state index contributed by atoms with van der Waals surface area (Å²) in [7, 11) is 4.50. The maximum absolute atomic E-state index is 4.64. The highest BCUT2D eigenvalue weighted by Gasteiger charge is 2.42. The number of nitrogens with zero attached hydrogens (tertiary/aromatic N) is 5. The van der Waals surface area contributed by atoms with Crippen molar-refractivity contribution in [2.24, 2.45) is 11.8 Å². The van der Waals surface area contributed by atoms with E-state index in [1.165, 1.54) is 50.8 Å². The molecule has 3 fully saturated rings. The van der Waals surface area contributed by atoms with Crippen molar-refractivity contribution in [3.63, 3.8) is 0 Å². The Morgan fingerprint density at radius 3 is 2.21 bits per heavy atom. The van der Waals surface area contributed by atoms with E-state index >= 15 is 0 Å². The lowest BCUT2D eigenvalue weighted by molar-refractivity contribution is 0.0713. The Hall–Kier alpha value is -1.20. The molecule has 1 aliphatic carbocycles. The van der Waals surface area contributed by atoms with E-state index in [0.29, 0.717) is 0 Å². The van der Waals surface area contributed by atoms with Gasteiger partial charge in [0, 0.05) is 56.7 Å². The van der Waals surface area contributed by atoms with Crippen molar-refractivity contribution in [2.45, 2.75) is 44.7 Å². The topological polar surface area (TPSA) is 35.5 Å². The Morgan fingerprint density at radius 2 is 1.62 bits per heavy atom. The van der Waals surface area contributed by atoms with Crippen molar-refractivity contribution < 1.29 is 0 Å². The van der Waals surface area contributed by atoms with Gasteiger partial charge in [-0.05, 0) is 58.0 Å². The third-order valence-corrected chi connectivity index (χ3v) is 6.19. The highest BCUT2D eigenvalue weighted by Crippen LogP contribution is 2.39. The predicted octanol–water partition coefficient (Wildman–Crippen LogP) is 2.24. The van der Waals surface area contributed by atoms with Crippen molar-refractivity contribution in [2.75, 3.05) is 45.2 Å². The fourth-order valence-electron chi connectivity index (χ4n) is 5.21. The molecule has 5 heteroatoms. The Labute approximate surface area is 146 Å². The Kier molecular flexibility index (Phi) is 4.72. The van der Waals surface area contributed by atoms with Gasteiger partial charge in [0.1, 0.15) is 0 Å². The van der Waals surface area contributed by atoms with Crippen LogP contribution in [-0.4, -0.2) is 66.1 Å². The molecule has 1 aromatic rings. The van der Waals surface area contributed by atoms with E-state index in [9.17, 15) is 0 Å². The summed E-state index contributed by atoms with van der Waals surface area (Å²) >= 11 is 0. The SMILES string of the molecule is CN(C)C1[C@@H]2CC[C@H]1CN(Cc1cnc(N3CCCCC3)nc1)C2. The molecule has 3 aliphatic rings. The first-order chi connectivity index (χ1) is 11.7. The van der Waals surface area contributed by atoms with Crippen LogP contribution in [0.4, 0.5) is 5.95 Å². The molecule has 3 heterocycles. The van der Waals surface area contributed by atoms with Gasteiger partial charge >= 0.3 is 0 Å². The zero-order valence-corrected chi connectivity index (χ0v) is 15.2. The lowest BCUT2D eigenvalue weighted by Gasteiger charge is -2.41. The second-order valence-corrected chi connectivity index (χ2v) is 8.18. The molecule has 0 N–H and O–H groups in total. The normalized spacial score (nSPS) is 31.0. The van der Waals surface area contributed by atoms with Gasteiger partial charge < -0.3 is 9.80 Å². The van der Waals surface area contributed by atoms with E-state index < -0.39 is 0 Å². The number of hydrogen-bond acceptors (Lipinski definition) is 5. The molecule has 0 radical (unpaired) electrons. The maximum atomic E-state index is 4.64. The van der Waals surface area contributed by atoms with Crippen molar-refractivity contribution in [3.8, 4) is 0 Å². The molecule has 5 nitrogen and oxygen atoms in total. The fraction of sp³-hybridized carbons (Fsp3) is 0.789. The Balaban J connectivity index is 1.36. The van der Waals surface area contributed by atoms with Gasteiger partial charge in [-0.15, -0.1) is 0 Å². The van der Waals surface area contributed by atoms with Crippen LogP contribution in [0, 0.1) is 11.8 Å². The lowest BCUT2D eigenvalue weighted by Crippen LogP contribution is -2.50. The summed E-state index contributed by atoms with van der Waals surface area (Å²) in [6, 6.07) is 0.791. The van der Waals surface area contributed by atoms with Gasteiger partial charge in [0.2, 0.25) is 5.95 Å². The summed E-state index contributed by atoms with van der Waals surface area (Å²) in [5.74, 6) is 2.60. The fourth-order valence-corrected chi connectivity index (χ4v) is 5.21. The Bertz CT molecular complexity index is 523. The van der Waals surface area contributed by atoms with Gasteiger partial charge in [0.15, 0.2) is 0 Å². The second kappa shape index (κ2) is 6.96. The third kappa shape index (κ3) is 3.29. The van der Waals surface area contributed by atoms with Crippen molar-refractivity contribution in [1.82, 2.24) is 19.8 Å². The molecule has 0 amide bonds. The van der Waals surface area contributed by atoms with Crippen molar-refractivity contribution in [1.29, 1.82) is 0 Å². The van der Waals surface area contributed by atoms with Crippen LogP contribution < -0.4 is 4.90 Å². The zero-order chi connectivity index (χ0) is 16.5. The van der Waals surface area contributed by atoms with E-state index in [0.717, 1.165) is 43.5 Å². The van der Waals surface area contributed by atoms with E-state index in [-0.39, 0.29) is 0 Å². The molecular formula is C19H31N5. The monoisotopic (exact) mass is 329 g/mol. The quantitative estimate of drug-likeness (QED) is 0.846. The van der Waals surface area contributed by atoms with Gasteiger partial charge in [0.25, 0.3) is 0 Å². The summed E-state index contributed by atoms with van der Waals surface area (Å²) in [5.41, 5.74) is 1.26. The van der Waals surface area contributed by atoms with E-state index in [1.807, 2.05) is 0 Å². The number of aromatic nitrogens is 2. The molecule has 4 rings (SSSR count). The molecule has 1 saturated carbocycles. The molecule has 0 aromatic carbocycles. The largest absolute Gasteiger partial charge is 0.341 e. The minimum atomic E-state index is 0.791. The number of hydrogen-bond donors (Lipinski definition) is 0. The van der Waals surface area contributed by atoms with E-state index in [4.69, 9.17) is 0 Å². The molecule has 1 unspecified atom stereocenters. The molecule has 132 valence electrons. The highest BCUT2D eigenvalue weighted by molar-refractivity contribution is 5.30. The highest BCUT2D eigenvalue weighted by atomic mass is 15.3. The van der Waals surface area contributed by atoms with Gasteiger partial charge in [-0.1, -0.05) is 0 Å². The second-order valence-electron chi connectivity index (χ2n) is 8.18.